The summed E-state index contributed by atoms with van der Waals surface area (Å²) < 4.78 is 0. The normalized spacial score (nSPS) is 30.1. The number of carbonyl (C=O) groups excluding carboxylic acids is 2. The highest BCUT2D eigenvalue weighted by atomic mass is 16.2. The van der Waals surface area contributed by atoms with Crippen molar-refractivity contribution in [3.63, 3.8) is 0 Å². The van der Waals surface area contributed by atoms with Crippen LogP contribution in [0.15, 0.2) is 0 Å². The van der Waals surface area contributed by atoms with Crippen molar-refractivity contribution in [2.45, 2.75) is 25.3 Å². The van der Waals surface area contributed by atoms with Crippen molar-refractivity contribution in [2.75, 3.05) is 26.7 Å². The van der Waals surface area contributed by atoms with Gasteiger partial charge in [-0.25, -0.2) is 0 Å². The van der Waals surface area contributed by atoms with Crippen LogP contribution in [0.25, 0.3) is 0 Å². The predicted molar refractivity (Wildman–Crippen MR) is 51.9 cm³/mol. The third-order valence-electron chi connectivity index (χ3n) is 3.12. The van der Waals surface area contributed by atoms with Gasteiger partial charge in [-0.1, -0.05) is 0 Å². The lowest BCUT2D eigenvalue weighted by Gasteiger charge is -2.29. The number of Topliss-reactive ketones (excluding diaryl/α,β-unsaturated/α-hetero) is 1. The van der Waals surface area contributed by atoms with Gasteiger partial charge in [0.05, 0.1) is 12.6 Å². The van der Waals surface area contributed by atoms with E-state index < -0.39 is 0 Å². The average molecular weight is 196 g/mol. The molecule has 2 aliphatic rings. The maximum atomic E-state index is 11.7. The number of likely N-dealkylation sites (tertiary alicyclic amines) is 2. The van der Waals surface area contributed by atoms with E-state index >= 15 is 0 Å². The molecular formula is C10H16N2O2. The van der Waals surface area contributed by atoms with Crippen LogP contribution >= 0.6 is 0 Å². The molecule has 4 heteroatoms. The molecule has 2 rings (SSSR count). The molecule has 2 heterocycles. The van der Waals surface area contributed by atoms with Gasteiger partial charge in [-0.2, -0.15) is 0 Å². The van der Waals surface area contributed by atoms with Gasteiger partial charge < -0.3 is 4.90 Å². The Hall–Kier alpha value is -0.900. The van der Waals surface area contributed by atoms with Crippen molar-refractivity contribution in [1.82, 2.24) is 9.80 Å². The average Bonchev–Trinajstić information content (AvgIpc) is 2.48. The first-order valence-corrected chi connectivity index (χ1v) is 5.19. The SMILES string of the molecule is CN1CCC(N2CCCC(=O)C2)C1=O. The summed E-state index contributed by atoms with van der Waals surface area (Å²) in [6.45, 7) is 2.20. The van der Waals surface area contributed by atoms with Crippen molar-refractivity contribution >= 4 is 11.7 Å². The predicted octanol–water partition coefficient (Wildman–Crippen LogP) is -0.118. The van der Waals surface area contributed by atoms with E-state index in [9.17, 15) is 9.59 Å². The Bertz CT molecular complexity index is 265. The quantitative estimate of drug-likeness (QED) is 0.587. The summed E-state index contributed by atoms with van der Waals surface area (Å²) in [5, 5.41) is 0. The van der Waals surface area contributed by atoms with Gasteiger partial charge in [0.2, 0.25) is 5.91 Å². The second-order valence-electron chi connectivity index (χ2n) is 4.18. The molecule has 78 valence electrons. The maximum Gasteiger partial charge on any atom is 0.239 e. The van der Waals surface area contributed by atoms with E-state index in [4.69, 9.17) is 0 Å². The summed E-state index contributed by atoms with van der Waals surface area (Å²) >= 11 is 0. The van der Waals surface area contributed by atoms with E-state index in [0.29, 0.717) is 13.0 Å². The molecule has 0 aliphatic carbocycles. The van der Waals surface area contributed by atoms with Gasteiger partial charge in [0.25, 0.3) is 0 Å². The molecule has 0 aromatic rings. The van der Waals surface area contributed by atoms with E-state index in [-0.39, 0.29) is 17.7 Å². The van der Waals surface area contributed by atoms with Crippen molar-refractivity contribution in [3.05, 3.63) is 0 Å². The second kappa shape index (κ2) is 3.69. The van der Waals surface area contributed by atoms with E-state index in [2.05, 4.69) is 0 Å². The van der Waals surface area contributed by atoms with Gasteiger partial charge in [-0.05, 0) is 19.4 Å². The first-order chi connectivity index (χ1) is 6.68. The molecule has 1 atom stereocenters. The van der Waals surface area contributed by atoms with Crippen molar-refractivity contribution in [1.29, 1.82) is 0 Å². The van der Waals surface area contributed by atoms with Gasteiger partial charge >= 0.3 is 0 Å². The molecule has 0 aromatic heterocycles. The minimum Gasteiger partial charge on any atom is -0.344 e. The standard InChI is InChI=1S/C10H16N2O2/c1-11-6-4-9(10(11)14)12-5-2-3-8(13)7-12/h9H,2-7H2,1H3. The van der Waals surface area contributed by atoms with Crippen LogP contribution in [0.5, 0.6) is 0 Å². The fourth-order valence-electron chi connectivity index (χ4n) is 2.27. The Morgan fingerprint density at radius 2 is 2.07 bits per heavy atom. The third-order valence-corrected chi connectivity index (χ3v) is 3.12. The van der Waals surface area contributed by atoms with Crippen LogP contribution in [-0.4, -0.2) is 54.2 Å². The Kier molecular flexibility index (Phi) is 2.54. The Labute approximate surface area is 83.9 Å². The number of carbonyl (C=O) groups is 2. The fourth-order valence-corrected chi connectivity index (χ4v) is 2.27. The molecule has 2 saturated heterocycles. The van der Waals surface area contributed by atoms with E-state index in [0.717, 1.165) is 25.9 Å². The number of hydrogen-bond donors (Lipinski definition) is 0. The van der Waals surface area contributed by atoms with Crippen LogP contribution in [0.1, 0.15) is 19.3 Å². The zero-order chi connectivity index (χ0) is 10.1. The monoisotopic (exact) mass is 196 g/mol. The number of amides is 1. The molecule has 1 unspecified atom stereocenters. The minimum absolute atomic E-state index is 0.0238. The summed E-state index contributed by atoms with van der Waals surface area (Å²) in [6.07, 6.45) is 2.47. The summed E-state index contributed by atoms with van der Waals surface area (Å²) in [5.41, 5.74) is 0. The number of hydrogen-bond acceptors (Lipinski definition) is 3. The molecular weight excluding hydrogens is 180 g/mol. The fraction of sp³-hybridized carbons (Fsp3) is 0.800. The number of ketones is 1. The Morgan fingerprint density at radius 1 is 1.29 bits per heavy atom. The summed E-state index contributed by atoms with van der Waals surface area (Å²) in [6, 6.07) is -0.0238. The van der Waals surface area contributed by atoms with Crippen LogP contribution in [0.3, 0.4) is 0 Å². The summed E-state index contributed by atoms with van der Waals surface area (Å²) in [4.78, 5) is 26.7. The zero-order valence-electron chi connectivity index (χ0n) is 8.53. The largest absolute Gasteiger partial charge is 0.344 e. The van der Waals surface area contributed by atoms with Gasteiger partial charge in [0, 0.05) is 20.0 Å². The maximum absolute atomic E-state index is 11.7. The number of piperidine rings is 1. The lowest BCUT2D eigenvalue weighted by molar-refractivity contribution is -0.133. The van der Waals surface area contributed by atoms with Gasteiger partial charge in [-0.3, -0.25) is 14.5 Å². The summed E-state index contributed by atoms with van der Waals surface area (Å²) in [7, 11) is 1.83. The van der Waals surface area contributed by atoms with E-state index in [1.807, 2.05) is 11.9 Å². The molecule has 1 amide bonds. The Balaban J connectivity index is 2.01. The lowest BCUT2D eigenvalue weighted by atomic mass is 10.1. The Morgan fingerprint density at radius 3 is 2.64 bits per heavy atom. The topological polar surface area (TPSA) is 40.6 Å². The number of rotatable bonds is 1. The molecule has 0 N–H and O–H groups in total. The van der Waals surface area contributed by atoms with Crippen molar-refractivity contribution < 1.29 is 9.59 Å². The van der Waals surface area contributed by atoms with Gasteiger partial charge in [0.1, 0.15) is 5.78 Å². The van der Waals surface area contributed by atoms with Crippen LogP contribution in [-0.2, 0) is 9.59 Å². The highest BCUT2D eigenvalue weighted by Gasteiger charge is 2.35. The molecule has 2 aliphatic heterocycles. The molecule has 0 saturated carbocycles. The number of likely N-dealkylation sites (N-methyl/N-ethyl adjacent to an activating group) is 1. The van der Waals surface area contributed by atoms with Crippen LogP contribution < -0.4 is 0 Å². The first kappa shape index (κ1) is 9.65. The molecule has 0 radical (unpaired) electrons. The smallest absolute Gasteiger partial charge is 0.239 e. The highest BCUT2D eigenvalue weighted by Crippen LogP contribution is 2.18. The molecule has 14 heavy (non-hydrogen) atoms. The lowest BCUT2D eigenvalue weighted by Crippen LogP contribution is -2.46. The van der Waals surface area contributed by atoms with E-state index in [1.54, 1.807) is 4.90 Å². The van der Waals surface area contributed by atoms with Crippen LogP contribution in [0.2, 0.25) is 0 Å². The number of nitrogens with zero attached hydrogens (tertiary/aromatic N) is 2. The molecule has 2 fully saturated rings. The summed E-state index contributed by atoms with van der Waals surface area (Å²) in [5.74, 6) is 0.457. The van der Waals surface area contributed by atoms with Crippen molar-refractivity contribution in [3.8, 4) is 0 Å². The van der Waals surface area contributed by atoms with E-state index in [1.165, 1.54) is 0 Å². The zero-order valence-corrected chi connectivity index (χ0v) is 8.53. The molecule has 0 aromatic carbocycles. The van der Waals surface area contributed by atoms with Gasteiger partial charge in [0.15, 0.2) is 0 Å². The molecule has 4 nitrogen and oxygen atoms in total. The third kappa shape index (κ3) is 1.66. The molecule has 0 spiro atoms. The van der Waals surface area contributed by atoms with Crippen molar-refractivity contribution in [2.24, 2.45) is 0 Å². The molecule has 0 bridgehead atoms. The highest BCUT2D eigenvalue weighted by molar-refractivity contribution is 5.86. The first-order valence-electron chi connectivity index (χ1n) is 5.19. The van der Waals surface area contributed by atoms with Gasteiger partial charge in [-0.15, -0.1) is 0 Å². The van der Waals surface area contributed by atoms with Crippen LogP contribution in [0, 0.1) is 0 Å². The minimum atomic E-state index is -0.0238. The second-order valence-corrected chi connectivity index (χ2v) is 4.18. The van der Waals surface area contributed by atoms with Crippen LogP contribution in [0.4, 0.5) is 0 Å².